The van der Waals surface area contributed by atoms with Gasteiger partial charge in [-0.05, 0) is 43.2 Å². The largest absolute Gasteiger partial charge is 0.254 e. The Kier molecular flexibility index (Phi) is 3.53. The van der Waals surface area contributed by atoms with E-state index in [0.29, 0.717) is 0 Å². The number of fused-ring (bicyclic) bond motifs is 1. The molecule has 0 saturated heterocycles. The molecule has 2 heteroatoms. The summed E-state index contributed by atoms with van der Waals surface area (Å²) in [4.78, 5) is 9.15. The summed E-state index contributed by atoms with van der Waals surface area (Å²) in [5, 5.41) is 2.51. The fraction of sp³-hybridized carbons (Fsp3) is 0.158. The van der Waals surface area contributed by atoms with Crippen molar-refractivity contribution < 1.29 is 0 Å². The molecule has 104 valence electrons. The summed E-state index contributed by atoms with van der Waals surface area (Å²) in [7, 11) is 0. The molecule has 0 atom stereocenters. The number of rotatable bonds is 2. The molecule has 1 aromatic heterocycles. The molecule has 3 rings (SSSR count). The molecule has 2 nitrogen and oxygen atoms in total. The first-order valence-corrected chi connectivity index (χ1v) is 7.13. The molecule has 0 aliphatic heterocycles. The van der Waals surface area contributed by atoms with Crippen LogP contribution in [0.2, 0.25) is 0 Å². The molecule has 0 N–H and O–H groups in total. The van der Waals surface area contributed by atoms with Gasteiger partial charge in [0.25, 0.3) is 0 Å². The van der Waals surface area contributed by atoms with Crippen LogP contribution in [0.15, 0.2) is 42.5 Å². The second-order valence-electron chi connectivity index (χ2n) is 5.27. The van der Waals surface area contributed by atoms with Gasteiger partial charge >= 0.3 is 0 Å². The smallest absolute Gasteiger partial charge is 0.0845 e. The van der Waals surface area contributed by atoms with Crippen LogP contribution in [0.4, 0.5) is 0 Å². The zero-order chi connectivity index (χ0) is 14.8. The highest BCUT2D eigenvalue weighted by molar-refractivity contribution is 5.92. The first-order chi connectivity index (χ1) is 10.1. The van der Waals surface area contributed by atoms with E-state index in [2.05, 4.69) is 64.6 Å². The maximum absolute atomic E-state index is 4.62. The van der Waals surface area contributed by atoms with E-state index in [9.17, 15) is 0 Å². The predicted molar refractivity (Wildman–Crippen MR) is 89.1 cm³/mol. The Balaban J connectivity index is 2.04. The van der Waals surface area contributed by atoms with Gasteiger partial charge in [0.1, 0.15) is 0 Å². The fourth-order valence-electron chi connectivity index (χ4n) is 2.45. The van der Waals surface area contributed by atoms with E-state index in [1.54, 1.807) is 0 Å². The van der Waals surface area contributed by atoms with Crippen LogP contribution in [0.3, 0.4) is 0 Å². The molecule has 0 bridgehead atoms. The summed E-state index contributed by atoms with van der Waals surface area (Å²) < 4.78 is 0. The Hall–Kier alpha value is -2.48. The topological polar surface area (TPSA) is 25.8 Å². The molecule has 1 heterocycles. The van der Waals surface area contributed by atoms with Crippen molar-refractivity contribution in [2.24, 2.45) is 0 Å². The number of aromatic nitrogens is 2. The lowest BCUT2D eigenvalue weighted by Gasteiger charge is -2.05. The minimum absolute atomic E-state index is 0.936. The van der Waals surface area contributed by atoms with E-state index < -0.39 is 0 Å². The number of nitrogens with zero attached hydrogens (tertiary/aromatic N) is 2. The molecule has 0 fully saturated rings. The number of benzene rings is 2. The minimum atomic E-state index is 0.936. The van der Waals surface area contributed by atoms with Gasteiger partial charge in [0.2, 0.25) is 0 Å². The molecule has 2 aromatic carbocycles. The molecule has 0 aliphatic rings. The quantitative estimate of drug-likeness (QED) is 0.675. The maximum Gasteiger partial charge on any atom is 0.0845 e. The molecule has 0 aliphatic carbocycles. The lowest BCUT2D eigenvalue weighted by molar-refractivity contribution is 0.991. The monoisotopic (exact) mass is 274 g/mol. The first kappa shape index (κ1) is 13.5. The molecule has 21 heavy (non-hydrogen) atoms. The van der Waals surface area contributed by atoms with E-state index in [-0.39, 0.29) is 0 Å². The van der Waals surface area contributed by atoms with Crippen molar-refractivity contribution in [1.82, 2.24) is 9.97 Å². The van der Waals surface area contributed by atoms with Gasteiger partial charge in [-0.2, -0.15) is 0 Å². The molecule has 0 amide bonds. The minimum Gasteiger partial charge on any atom is -0.254 e. The van der Waals surface area contributed by atoms with Crippen LogP contribution < -0.4 is 0 Å². The van der Waals surface area contributed by atoms with E-state index in [1.807, 2.05) is 20.8 Å². The van der Waals surface area contributed by atoms with Crippen molar-refractivity contribution >= 4 is 22.9 Å². The average molecular weight is 274 g/mol. The van der Waals surface area contributed by atoms with Crippen LogP contribution in [0.5, 0.6) is 0 Å². The zero-order valence-corrected chi connectivity index (χ0v) is 12.6. The summed E-state index contributed by atoms with van der Waals surface area (Å²) in [6, 6.07) is 14.8. The number of hydrogen-bond acceptors (Lipinski definition) is 2. The first-order valence-electron chi connectivity index (χ1n) is 7.13. The lowest BCUT2D eigenvalue weighted by atomic mass is 10.0. The highest BCUT2D eigenvalue weighted by Gasteiger charge is 2.03. The average Bonchev–Trinajstić information content (AvgIpc) is 2.49. The molecular weight excluding hydrogens is 256 g/mol. The van der Waals surface area contributed by atoms with E-state index >= 15 is 0 Å². The molecule has 0 radical (unpaired) electrons. The van der Waals surface area contributed by atoms with Gasteiger partial charge in [-0.25, -0.2) is 4.98 Å². The summed E-state index contributed by atoms with van der Waals surface area (Å²) in [5.74, 6) is 0. The second-order valence-corrected chi connectivity index (χ2v) is 5.27. The van der Waals surface area contributed by atoms with E-state index in [4.69, 9.17) is 0 Å². The summed E-state index contributed by atoms with van der Waals surface area (Å²) in [6.07, 6.45) is 4.17. The van der Waals surface area contributed by atoms with Crippen molar-refractivity contribution in [3.8, 4) is 0 Å². The van der Waals surface area contributed by atoms with Gasteiger partial charge in [0.15, 0.2) is 0 Å². The molecular formula is C19H18N2. The normalized spacial score (nSPS) is 11.4. The SMILES string of the molecule is Cc1nc(C)c(C=Cc2cccc3ccccc23)nc1C. The molecule has 3 aromatic rings. The third-order valence-corrected chi connectivity index (χ3v) is 3.76. The van der Waals surface area contributed by atoms with Crippen molar-refractivity contribution in [2.75, 3.05) is 0 Å². The lowest BCUT2D eigenvalue weighted by Crippen LogP contribution is -1.98. The van der Waals surface area contributed by atoms with Crippen LogP contribution in [-0.2, 0) is 0 Å². The van der Waals surface area contributed by atoms with E-state index in [1.165, 1.54) is 16.3 Å². The van der Waals surface area contributed by atoms with Gasteiger partial charge < -0.3 is 0 Å². The van der Waals surface area contributed by atoms with Crippen LogP contribution >= 0.6 is 0 Å². The standard InChI is InChI=1S/C19H18N2/c1-13-14(2)21-19(15(3)20-13)12-11-17-9-6-8-16-7-4-5-10-18(16)17/h4-12H,1-3H3. The van der Waals surface area contributed by atoms with Gasteiger partial charge in [0, 0.05) is 0 Å². The second kappa shape index (κ2) is 5.49. The Morgan fingerprint density at radius 1 is 0.714 bits per heavy atom. The maximum atomic E-state index is 4.62. The highest BCUT2D eigenvalue weighted by atomic mass is 14.8. The van der Waals surface area contributed by atoms with Crippen molar-refractivity contribution in [3.05, 3.63) is 70.8 Å². The Bertz CT molecular complexity index is 827. The summed E-state index contributed by atoms with van der Waals surface area (Å²) in [6.45, 7) is 5.99. The Labute approximate surface area is 125 Å². The molecule has 0 unspecified atom stereocenters. The third-order valence-electron chi connectivity index (χ3n) is 3.76. The Morgan fingerprint density at radius 2 is 1.43 bits per heavy atom. The van der Waals surface area contributed by atoms with Crippen molar-refractivity contribution in [3.63, 3.8) is 0 Å². The zero-order valence-electron chi connectivity index (χ0n) is 12.6. The van der Waals surface area contributed by atoms with Crippen molar-refractivity contribution in [1.29, 1.82) is 0 Å². The highest BCUT2D eigenvalue weighted by Crippen LogP contribution is 2.20. The fourth-order valence-corrected chi connectivity index (χ4v) is 2.45. The number of aryl methyl sites for hydroxylation is 3. The van der Waals surface area contributed by atoms with Crippen LogP contribution in [0.1, 0.15) is 28.3 Å². The van der Waals surface area contributed by atoms with Gasteiger partial charge in [-0.15, -0.1) is 0 Å². The predicted octanol–water partition coefficient (Wildman–Crippen LogP) is 4.73. The molecule has 0 spiro atoms. The van der Waals surface area contributed by atoms with E-state index in [0.717, 1.165) is 22.8 Å². The van der Waals surface area contributed by atoms with Gasteiger partial charge in [0.05, 0.1) is 22.8 Å². The van der Waals surface area contributed by atoms with Crippen LogP contribution in [-0.4, -0.2) is 9.97 Å². The summed E-state index contributed by atoms with van der Waals surface area (Å²) >= 11 is 0. The van der Waals surface area contributed by atoms with Crippen LogP contribution in [0, 0.1) is 20.8 Å². The third kappa shape index (κ3) is 2.70. The summed E-state index contributed by atoms with van der Waals surface area (Å²) in [5.41, 5.74) is 5.08. The van der Waals surface area contributed by atoms with Gasteiger partial charge in [-0.1, -0.05) is 48.5 Å². The van der Waals surface area contributed by atoms with Gasteiger partial charge in [-0.3, -0.25) is 4.98 Å². The van der Waals surface area contributed by atoms with Crippen molar-refractivity contribution in [2.45, 2.75) is 20.8 Å². The number of hydrogen-bond donors (Lipinski definition) is 0. The molecule has 0 saturated carbocycles. The Morgan fingerprint density at radius 3 is 2.29 bits per heavy atom. The van der Waals surface area contributed by atoms with Crippen LogP contribution in [0.25, 0.3) is 22.9 Å².